The Balaban J connectivity index is 2.40. The van der Waals surface area contributed by atoms with Gasteiger partial charge in [0.1, 0.15) is 0 Å². The van der Waals surface area contributed by atoms with Crippen molar-refractivity contribution in [2.24, 2.45) is 5.84 Å². The molecular weight excluding hydrogens is 218 g/mol. The Labute approximate surface area is 99.3 Å². The Bertz CT molecular complexity index is 479. The first kappa shape index (κ1) is 11.3. The van der Waals surface area contributed by atoms with Crippen LogP contribution in [-0.2, 0) is 0 Å². The molecule has 2 aromatic rings. The molecule has 0 spiro atoms. The average molecular weight is 233 g/mol. The minimum Gasteiger partial charge on any atom is -0.271 e. The van der Waals surface area contributed by atoms with Crippen LogP contribution in [-0.4, -0.2) is 4.98 Å². The lowest BCUT2D eigenvalue weighted by atomic mass is 10.0. The van der Waals surface area contributed by atoms with Gasteiger partial charge >= 0.3 is 0 Å². The number of nitrogens with two attached hydrogens (primary N) is 1. The number of rotatable bonds is 3. The fraction of sp³-hybridized carbons (Fsp3) is 0.250. The topological polar surface area (TPSA) is 50.9 Å². The third-order valence-corrected chi connectivity index (χ3v) is 3.65. The number of hydrogen-bond acceptors (Lipinski definition) is 4. The van der Waals surface area contributed by atoms with Crippen LogP contribution in [0.2, 0.25) is 0 Å². The molecule has 3 nitrogen and oxygen atoms in total. The van der Waals surface area contributed by atoms with E-state index in [1.165, 1.54) is 15.3 Å². The van der Waals surface area contributed by atoms with E-state index in [1.807, 2.05) is 19.2 Å². The van der Waals surface area contributed by atoms with E-state index >= 15 is 0 Å². The second-order valence-electron chi connectivity index (χ2n) is 3.78. The largest absolute Gasteiger partial charge is 0.271 e. The Morgan fingerprint density at radius 1 is 1.31 bits per heavy atom. The minimum absolute atomic E-state index is 0.0571. The van der Waals surface area contributed by atoms with E-state index in [0.29, 0.717) is 0 Å². The molecule has 0 saturated heterocycles. The Kier molecular flexibility index (Phi) is 3.33. The summed E-state index contributed by atoms with van der Waals surface area (Å²) in [5.41, 5.74) is 5.20. The maximum absolute atomic E-state index is 5.65. The van der Waals surface area contributed by atoms with Crippen molar-refractivity contribution in [3.63, 3.8) is 0 Å². The van der Waals surface area contributed by atoms with Gasteiger partial charge in [0.05, 0.1) is 6.04 Å². The van der Waals surface area contributed by atoms with Crippen molar-refractivity contribution in [3.8, 4) is 0 Å². The van der Waals surface area contributed by atoms with Gasteiger partial charge in [0.15, 0.2) is 0 Å². The highest BCUT2D eigenvalue weighted by Gasteiger charge is 2.15. The first-order valence-corrected chi connectivity index (χ1v) is 5.97. The van der Waals surface area contributed by atoms with Crippen molar-refractivity contribution in [2.45, 2.75) is 19.9 Å². The molecule has 4 heteroatoms. The van der Waals surface area contributed by atoms with Gasteiger partial charge in [-0.3, -0.25) is 10.8 Å². The van der Waals surface area contributed by atoms with E-state index < -0.39 is 0 Å². The molecule has 84 valence electrons. The summed E-state index contributed by atoms with van der Waals surface area (Å²) < 4.78 is 0. The molecule has 1 unspecified atom stereocenters. The van der Waals surface area contributed by atoms with Gasteiger partial charge in [-0.05, 0) is 43.2 Å². The van der Waals surface area contributed by atoms with E-state index in [-0.39, 0.29) is 6.04 Å². The number of hydrazine groups is 1. The molecule has 0 radical (unpaired) electrons. The van der Waals surface area contributed by atoms with Gasteiger partial charge in [-0.15, -0.1) is 11.3 Å². The van der Waals surface area contributed by atoms with E-state index in [9.17, 15) is 0 Å². The number of thiophene rings is 1. The van der Waals surface area contributed by atoms with Crippen molar-refractivity contribution in [1.82, 2.24) is 10.4 Å². The summed E-state index contributed by atoms with van der Waals surface area (Å²) in [7, 11) is 0. The fourth-order valence-corrected chi connectivity index (χ4v) is 2.70. The number of aryl methyl sites for hydroxylation is 2. The van der Waals surface area contributed by atoms with Crippen molar-refractivity contribution in [3.05, 3.63) is 51.5 Å². The fourth-order valence-electron chi connectivity index (χ4n) is 1.74. The van der Waals surface area contributed by atoms with Crippen LogP contribution >= 0.6 is 11.3 Å². The molecule has 3 N–H and O–H groups in total. The van der Waals surface area contributed by atoms with Gasteiger partial charge in [-0.1, -0.05) is 0 Å². The van der Waals surface area contributed by atoms with Crippen LogP contribution in [0, 0.1) is 13.8 Å². The zero-order chi connectivity index (χ0) is 11.5. The maximum Gasteiger partial charge on any atom is 0.0806 e. The minimum atomic E-state index is 0.0571. The SMILES string of the molecule is Cc1ccc(C(NN)c2ccncc2C)s1. The molecule has 0 aliphatic heterocycles. The number of nitrogens with zero attached hydrogens (tertiary/aromatic N) is 1. The summed E-state index contributed by atoms with van der Waals surface area (Å²) in [6, 6.07) is 6.29. The lowest BCUT2D eigenvalue weighted by molar-refractivity contribution is 0.642. The molecule has 0 saturated carbocycles. The molecule has 1 atom stereocenters. The van der Waals surface area contributed by atoms with Crippen LogP contribution in [0.15, 0.2) is 30.6 Å². The lowest BCUT2D eigenvalue weighted by Crippen LogP contribution is -2.28. The summed E-state index contributed by atoms with van der Waals surface area (Å²) >= 11 is 1.76. The molecule has 0 aliphatic carbocycles. The summed E-state index contributed by atoms with van der Waals surface area (Å²) in [5.74, 6) is 5.65. The van der Waals surface area contributed by atoms with Gasteiger partial charge in [0.2, 0.25) is 0 Å². The lowest BCUT2D eigenvalue weighted by Gasteiger charge is -2.16. The Hall–Kier alpha value is -1.23. The average Bonchev–Trinajstić information content (AvgIpc) is 2.69. The smallest absolute Gasteiger partial charge is 0.0806 e. The summed E-state index contributed by atoms with van der Waals surface area (Å²) in [5, 5.41) is 0. The molecule has 0 bridgehead atoms. The number of nitrogens with one attached hydrogen (secondary N) is 1. The van der Waals surface area contributed by atoms with Crippen molar-refractivity contribution < 1.29 is 0 Å². The summed E-state index contributed by atoms with van der Waals surface area (Å²) in [4.78, 5) is 6.62. The Morgan fingerprint density at radius 3 is 2.69 bits per heavy atom. The maximum atomic E-state index is 5.65. The van der Waals surface area contributed by atoms with Crippen LogP contribution in [0.25, 0.3) is 0 Å². The normalized spacial score (nSPS) is 12.7. The molecule has 0 amide bonds. The molecule has 16 heavy (non-hydrogen) atoms. The van der Waals surface area contributed by atoms with Crippen LogP contribution in [0.1, 0.15) is 26.9 Å². The molecular formula is C12H15N3S. The summed E-state index contributed by atoms with van der Waals surface area (Å²) in [6.45, 7) is 4.15. The third kappa shape index (κ3) is 2.14. The monoisotopic (exact) mass is 233 g/mol. The first-order valence-electron chi connectivity index (χ1n) is 5.15. The van der Waals surface area contributed by atoms with Crippen LogP contribution < -0.4 is 11.3 Å². The second-order valence-corrected chi connectivity index (χ2v) is 5.10. The highest BCUT2D eigenvalue weighted by Crippen LogP contribution is 2.28. The van der Waals surface area contributed by atoms with E-state index in [0.717, 1.165) is 5.56 Å². The van der Waals surface area contributed by atoms with Gasteiger partial charge in [-0.2, -0.15) is 0 Å². The third-order valence-electron chi connectivity index (χ3n) is 2.59. The van der Waals surface area contributed by atoms with Gasteiger partial charge < -0.3 is 0 Å². The highest BCUT2D eigenvalue weighted by atomic mass is 32.1. The van der Waals surface area contributed by atoms with Gasteiger partial charge in [0.25, 0.3) is 0 Å². The predicted molar refractivity (Wildman–Crippen MR) is 67.2 cm³/mol. The molecule has 2 heterocycles. The van der Waals surface area contributed by atoms with Crippen LogP contribution in [0.3, 0.4) is 0 Å². The highest BCUT2D eigenvalue weighted by molar-refractivity contribution is 7.12. The Morgan fingerprint density at radius 2 is 2.12 bits per heavy atom. The second kappa shape index (κ2) is 4.74. The standard InChI is InChI=1S/C12H15N3S/c1-8-7-14-6-5-10(8)12(15-13)11-4-3-9(2)16-11/h3-7,12,15H,13H2,1-2H3. The zero-order valence-corrected chi connectivity index (χ0v) is 10.2. The van der Waals surface area contributed by atoms with Gasteiger partial charge in [0, 0.05) is 22.1 Å². The number of hydrogen-bond donors (Lipinski definition) is 2. The zero-order valence-electron chi connectivity index (χ0n) is 9.40. The van der Waals surface area contributed by atoms with Crippen LogP contribution in [0.4, 0.5) is 0 Å². The van der Waals surface area contributed by atoms with Crippen molar-refractivity contribution in [2.75, 3.05) is 0 Å². The quantitative estimate of drug-likeness (QED) is 0.632. The summed E-state index contributed by atoms with van der Waals surface area (Å²) in [6.07, 6.45) is 3.66. The number of aromatic nitrogens is 1. The van der Waals surface area contributed by atoms with E-state index in [2.05, 4.69) is 29.5 Å². The molecule has 2 aromatic heterocycles. The molecule has 0 aromatic carbocycles. The van der Waals surface area contributed by atoms with Crippen molar-refractivity contribution >= 4 is 11.3 Å². The van der Waals surface area contributed by atoms with E-state index in [4.69, 9.17) is 5.84 Å². The molecule has 0 fully saturated rings. The van der Waals surface area contributed by atoms with E-state index in [1.54, 1.807) is 17.5 Å². The predicted octanol–water partition coefficient (Wildman–Crippen LogP) is 2.31. The van der Waals surface area contributed by atoms with Crippen LogP contribution in [0.5, 0.6) is 0 Å². The molecule has 2 rings (SSSR count). The first-order chi connectivity index (χ1) is 7.72. The van der Waals surface area contributed by atoms with Crippen molar-refractivity contribution in [1.29, 1.82) is 0 Å². The number of pyridine rings is 1. The van der Waals surface area contributed by atoms with Gasteiger partial charge in [-0.25, -0.2) is 5.43 Å². The molecule has 0 aliphatic rings.